The molecule has 1 N–H and O–H groups in total. The molecule has 1 aromatic rings. The number of carbonyl (C=O) groups excluding carboxylic acids is 1. The molecular weight excluding hydrogens is 256 g/mol. The lowest BCUT2D eigenvalue weighted by molar-refractivity contribution is 0.0383. The Kier molecular flexibility index (Phi) is 5.38. The van der Waals surface area contributed by atoms with Crippen molar-refractivity contribution in [2.75, 3.05) is 46.5 Å². The third-order valence-corrected chi connectivity index (χ3v) is 3.49. The number of methoxy groups -OCH3 is 1. The van der Waals surface area contributed by atoms with Crippen LogP contribution in [0, 0.1) is 6.92 Å². The fraction of sp³-hybridized carbons (Fsp3) is 0.533. The highest BCUT2D eigenvalue weighted by atomic mass is 16.5. The molecule has 1 aromatic carbocycles. The van der Waals surface area contributed by atoms with Gasteiger partial charge in [0.1, 0.15) is 5.75 Å². The van der Waals surface area contributed by atoms with Gasteiger partial charge in [0.15, 0.2) is 0 Å². The van der Waals surface area contributed by atoms with Crippen LogP contribution in [0.3, 0.4) is 0 Å². The minimum Gasteiger partial charge on any atom is -0.496 e. The maximum Gasteiger partial charge on any atom is 0.251 e. The summed E-state index contributed by atoms with van der Waals surface area (Å²) in [5.41, 5.74) is 1.66. The summed E-state index contributed by atoms with van der Waals surface area (Å²) in [5.74, 6) is 0.683. The Balaban J connectivity index is 1.82. The lowest BCUT2D eigenvalue weighted by Gasteiger charge is -2.26. The fourth-order valence-electron chi connectivity index (χ4n) is 2.22. The molecular formula is C15H22N2O3. The highest BCUT2D eigenvalue weighted by Crippen LogP contribution is 2.18. The van der Waals surface area contributed by atoms with Gasteiger partial charge in [-0.05, 0) is 24.6 Å². The van der Waals surface area contributed by atoms with E-state index in [-0.39, 0.29) is 5.91 Å². The smallest absolute Gasteiger partial charge is 0.251 e. The van der Waals surface area contributed by atoms with Crippen molar-refractivity contribution < 1.29 is 14.3 Å². The summed E-state index contributed by atoms with van der Waals surface area (Å²) in [4.78, 5) is 14.3. The number of aryl methyl sites for hydroxylation is 1. The normalized spacial score (nSPS) is 15.9. The number of carbonyl (C=O) groups is 1. The van der Waals surface area contributed by atoms with Crippen molar-refractivity contribution in [2.45, 2.75) is 6.92 Å². The number of nitrogens with zero attached hydrogens (tertiary/aromatic N) is 1. The van der Waals surface area contributed by atoms with E-state index in [1.54, 1.807) is 13.2 Å². The van der Waals surface area contributed by atoms with E-state index in [0.717, 1.165) is 44.2 Å². The first-order chi connectivity index (χ1) is 9.70. The largest absolute Gasteiger partial charge is 0.496 e. The average Bonchev–Trinajstić information content (AvgIpc) is 2.48. The minimum atomic E-state index is -0.0587. The molecule has 1 saturated heterocycles. The minimum absolute atomic E-state index is 0.0587. The van der Waals surface area contributed by atoms with Crippen LogP contribution in [0.4, 0.5) is 0 Å². The molecule has 0 bridgehead atoms. The molecule has 0 radical (unpaired) electrons. The fourth-order valence-corrected chi connectivity index (χ4v) is 2.22. The molecule has 2 rings (SSSR count). The lowest BCUT2D eigenvalue weighted by Crippen LogP contribution is -2.41. The number of morpholine rings is 1. The molecule has 1 aliphatic heterocycles. The zero-order chi connectivity index (χ0) is 14.4. The molecule has 5 nitrogen and oxygen atoms in total. The molecule has 1 fully saturated rings. The van der Waals surface area contributed by atoms with Crippen LogP contribution in [0.2, 0.25) is 0 Å². The first-order valence-corrected chi connectivity index (χ1v) is 6.93. The Hall–Kier alpha value is -1.59. The predicted octanol–water partition coefficient (Wildman–Crippen LogP) is 1.07. The Labute approximate surface area is 119 Å². The summed E-state index contributed by atoms with van der Waals surface area (Å²) in [5, 5.41) is 2.94. The summed E-state index contributed by atoms with van der Waals surface area (Å²) >= 11 is 0. The second-order valence-corrected chi connectivity index (χ2v) is 4.89. The molecule has 0 aromatic heterocycles. The van der Waals surface area contributed by atoms with Gasteiger partial charge >= 0.3 is 0 Å². The van der Waals surface area contributed by atoms with E-state index >= 15 is 0 Å². The first-order valence-electron chi connectivity index (χ1n) is 6.93. The second-order valence-electron chi connectivity index (χ2n) is 4.89. The number of hydrogen-bond acceptors (Lipinski definition) is 4. The van der Waals surface area contributed by atoms with E-state index in [1.807, 2.05) is 19.1 Å². The van der Waals surface area contributed by atoms with Gasteiger partial charge in [0.2, 0.25) is 0 Å². The highest BCUT2D eigenvalue weighted by Gasteiger charge is 2.11. The van der Waals surface area contributed by atoms with E-state index < -0.39 is 0 Å². The predicted molar refractivity (Wildman–Crippen MR) is 77.3 cm³/mol. The van der Waals surface area contributed by atoms with Crippen molar-refractivity contribution in [3.63, 3.8) is 0 Å². The van der Waals surface area contributed by atoms with Crippen LogP contribution in [0.25, 0.3) is 0 Å². The Bertz CT molecular complexity index is 456. The van der Waals surface area contributed by atoms with Crippen LogP contribution in [-0.2, 0) is 4.74 Å². The van der Waals surface area contributed by atoms with E-state index in [1.165, 1.54) is 0 Å². The molecule has 1 aliphatic rings. The van der Waals surface area contributed by atoms with Gasteiger partial charge in [-0.1, -0.05) is 6.07 Å². The molecule has 0 spiro atoms. The summed E-state index contributed by atoms with van der Waals surface area (Å²) in [6.07, 6.45) is 0. The van der Waals surface area contributed by atoms with Crippen LogP contribution < -0.4 is 10.1 Å². The maximum atomic E-state index is 12.1. The van der Waals surface area contributed by atoms with Crippen molar-refractivity contribution in [3.05, 3.63) is 29.3 Å². The topological polar surface area (TPSA) is 50.8 Å². The van der Waals surface area contributed by atoms with Crippen LogP contribution in [0.15, 0.2) is 18.2 Å². The number of nitrogens with one attached hydrogen (secondary N) is 1. The number of benzene rings is 1. The van der Waals surface area contributed by atoms with Gasteiger partial charge in [0, 0.05) is 31.7 Å². The average molecular weight is 278 g/mol. The molecule has 110 valence electrons. The zero-order valence-electron chi connectivity index (χ0n) is 12.1. The third-order valence-electron chi connectivity index (χ3n) is 3.49. The summed E-state index contributed by atoms with van der Waals surface area (Å²) < 4.78 is 10.5. The standard InChI is InChI=1S/C15H22N2O3/c1-12-3-4-13(11-14(12)19-2)15(18)16-5-6-17-7-9-20-10-8-17/h3-4,11H,5-10H2,1-2H3,(H,16,18). The summed E-state index contributed by atoms with van der Waals surface area (Å²) in [6, 6.07) is 5.50. The Morgan fingerprint density at radius 3 is 2.85 bits per heavy atom. The van der Waals surface area contributed by atoms with Gasteiger partial charge in [-0.25, -0.2) is 0 Å². The molecule has 20 heavy (non-hydrogen) atoms. The molecule has 5 heteroatoms. The molecule has 0 unspecified atom stereocenters. The van der Waals surface area contributed by atoms with Crippen LogP contribution in [0.5, 0.6) is 5.75 Å². The van der Waals surface area contributed by atoms with Gasteiger partial charge in [-0.15, -0.1) is 0 Å². The van der Waals surface area contributed by atoms with Crippen molar-refractivity contribution in [3.8, 4) is 5.75 Å². The number of ether oxygens (including phenoxy) is 2. The van der Waals surface area contributed by atoms with Gasteiger partial charge < -0.3 is 14.8 Å². The summed E-state index contributed by atoms with van der Waals surface area (Å²) in [7, 11) is 1.61. The van der Waals surface area contributed by atoms with Crippen LogP contribution in [0.1, 0.15) is 15.9 Å². The summed E-state index contributed by atoms with van der Waals surface area (Å²) in [6.45, 7) is 6.90. The van der Waals surface area contributed by atoms with Gasteiger partial charge in [0.05, 0.1) is 20.3 Å². The van der Waals surface area contributed by atoms with Gasteiger partial charge in [-0.3, -0.25) is 9.69 Å². The zero-order valence-corrected chi connectivity index (χ0v) is 12.1. The van der Waals surface area contributed by atoms with E-state index in [0.29, 0.717) is 12.1 Å². The van der Waals surface area contributed by atoms with Gasteiger partial charge in [0.25, 0.3) is 5.91 Å². The maximum absolute atomic E-state index is 12.1. The van der Waals surface area contributed by atoms with E-state index in [2.05, 4.69) is 10.2 Å². The third kappa shape index (κ3) is 3.95. The van der Waals surface area contributed by atoms with Crippen molar-refractivity contribution in [1.82, 2.24) is 10.2 Å². The Morgan fingerprint density at radius 2 is 2.15 bits per heavy atom. The van der Waals surface area contributed by atoms with Crippen LogP contribution >= 0.6 is 0 Å². The van der Waals surface area contributed by atoms with Gasteiger partial charge in [-0.2, -0.15) is 0 Å². The molecule has 0 atom stereocenters. The molecule has 1 amide bonds. The first kappa shape index (κ1) is 14.8. The highest BCUT2D eigenvalue weighted by molar-refractivity contribution is 5.94. The Morgan fingerprint density at radius 1 is 1.40 bits per heavy atom. The lowest BCUT2D eigenvalue weighted by atomic mass is 10.1. The molecule has 0 saturated carbocycles. The number of amides is 1. The SMILES string of the molecule is COc1cc(C(=O)NCCN2CCOCC2)ccc1C. The quantitative estimate of drug-likeness (QED) is 0.875. The van der Waals surface area contributed by atoms with Crippen molar-refractivity contribution in [2.24, 2.45) is 0 Å². The van der Waals surface area contributed by atoms with Crippen LogP contribution in [-0.4, -0.2) is 57.3 Å². The van der Waals surface area contributed by atoms with E-state index in [4.69, 9.17) is 9.47 Å². The number of hydrogen-bond donors (Lipinski definition) is 1. The molecule has 1 heterocycles. The van der Waals surface area contributed by atoms with Crippen molar-refractivity contribution >= 4 is 5.91 Å². The second kappa shape index (κ2) is 7.26. The van der Waals surface area contributed by atoms with Crippen molar-refractivity contribution in [1.29, 1.82) is 0 Å². The number of rotatable bonds is 5. The molecule has 0 aliphatic carbocycles. The monoisotopic (exact) mass is 278 g/mol. The van der Waals surface area contributed by atoms with E-state index in [9.17, 15) is 4.79 Å².